The highest BCUT2D eigenvalue weighted by molar-refractivity contribution is 5.56. The maximum absolute atomic E-state index is 4.36. The largest absolute Gasteiger partial charge is 0.376 e. The third-order valence-electron chi connectivity index (χ3n) is 2.80. The lowest BCUT2D eigenvalue weighted by molar-refractivity contribution is 0.844. The van der Waals surface area contributed by atoms with Gasteiger partial charge in [0.15, 0.2) is 5.82 Å². The van der Waals surface area contributed by atoms with Gasteiger partial charge in [-0.3, -0.25) is 0 Å². The number of nitrogens with zero attached hydrogens (tertiary/aromatic N) is 5. The van der Waals surface area contributed by atoms with Gasteiger partial charge in [-0.25, -0.2) is 19.6 Å². The van der Waals surface area contributed by atoms with Crippen LogP contribution in [0, 0.1) is 6.92 Å². The molecule has 0 unspecified atom stereocenters. The van der Waals surface area contributed by atoms with Crippen LogP contribution >= 0.6 is 0 Å². The molecule has 0 aromatic carbocycles. The van der Waals surface area contributed by atoms with E-state index in [-0.39, 0.29) is 0 Å². The Morgan fingerprint density at radius 2 is 2.05 bits per heavy atom. The molecular formula is C14H14N6. The summed E-state index contributed by atoms with van der Waals surface area (Å²) in [7, 11) is 0. The highest BCUT2D eigenvalue weighted by Crippen LogP contribution is 2.16. The molecule has 0 saturated heterocycles. The van der Waals surface area contributed by atoms with Crippen molar-refractivity contribution in [2.75, 3.05) is 5.32 Å². The monoisotopic (exact) mass is 266 g/mol. The minimum absolute atomic E-state index is 0.614. The van der Waals surface area contributed by atoms with E-state index in [0.29, 0.717) is 6.54 Å². The molecule has 20 heavy (non-hydrogen) atoms. The third kappa shape index (κ3) is 2.64. The zero-order valence-electron chi connectivity index (χ0n) is 11.1. The number of aromatic nitrogens is 5. The van der Waals surface area contributed by atoms with Crippen LogP contribution in [-0.4, -0.2) is 24.7 Å². The molecule has 0 fully saturated rings. The molecule has 0 aliphatic heterocycles. The Morgan fingerprint density at radius 3 is 2.85 bits per heavy atom. The summed E-state index contributed by atoms with van der Waals surface area (Å²) in [6.45, 7) is 2.49. The van der Waals surface area contributed by atoms with Gasteiger partial charge in [0.1, 0.15) is 5.82 Å². The average molecular weight is 266 g/mol. The van der Waals surface area contributed by atoms with Gasteiger partial charge in [-0.1, -0.05) is 0 Å². The van der Waals surface area contributed by atoms with Crippen LogP contribution in [0.25, 0.3) is 5.82 Å². The molecule has 0 amide bonds. The Morgan fingerprint density at radius 1 is 1.10 bits per heavy atom. The van der Waals surface area contributed by atoms with Gasteiger partial charge >= 0.3 is 0 Å². The molecule has 0 spiro atoms. The van der Waals surface area contributed by atoms with E-state index >= 15 is 0 Å². The number of hydrogen-bond acceptors (Lipinski definition) is 5. The lowest BCUT2D eigenvalue weighted by Gasteiger charge is -2.10. The van der Waals surface area contributed by atoms with Gasteiger partial charge in [0, 0.05) is 24.8 Å². The zero-order valence-corrected chi connectivity index (χ0v) is 11.1. The van der Waals surface area contributed by atoms with Crippen LogP contribution in [0.15, 0.2) is 49.1 Å². The minimum Gasteiger partial charge on any atom is -0.376 e. The Kier molecular flexibility index (Phi) is 3.36. The van der Waals surface area contributed by atoms with Gasteiger partial charge in [0.05, 0.1) is 17.9 Å². The van der Waals surface area contributed by atoms with E-state index in [9.17, 15) is 0 Å². The molecule has 1 N–H and O–H groups in total. The van der Waals surface area contributed by atoms with Crippen LogP contribution in [0.1, 0.15) is 11.5 Å². The van der Waals surface area contributed by atoms with Crippen LogP contribution in [0.2, 0.25) is 0 Å². The van der Waals surface area contributed by atoms with Crippen LogP contribution < -0.4 is 5.32 Å². The maximum Gasteiger partial charge on any atom is 0.176 e. The first-order valence-corrected chi connectivity index (χ1v) is 6.30. The molecule has 3 aromatic heterocycles. The Bertz CT molecular complexity index is 692. The lowest BCUT2D eigenvalue weighted by atomic mass is 10.3. The molecule has 0 bridgehead atoms. The number of hydrogen-bond donors (Lipinski definition) is 1. The number of aryl methyl sites for hydroxylation is 1. The van der Waals surface area contributed by atoms with Crippen molar-refractivity contribution in [3.63, 3.8) is 0 Å². The summed E-state index contributed by atoms with van der Waals surface area (Å²) in [6, 6.07) is 7.62. The molecule has 3 rings (SSSR count). The Labute approximate surface area is 116 Å². The fraction of sp³-hybridized carbons (Fsp3) is 0.143. The second-order valence-corrected chi connectivity index (χ2v) is 4.27. The van der Waals surface area contributed by atoms with Crippen molar-refractivity contribution in [3.05, 3.63) is 60.6 Å². The van der Waals surface area contributed by atoms with Gasteiger partial charge in [0.2, 0.25) is 0 Å². The molecule has 0 radical (unpaired) electrons. The van der Waals surface area contributed by atoms with E-state index in [4.69, 9.17) is 0 Å². The molecule has 6 heteroatoms. The SMILES string of the molecule is Cc1nccc(CNc2cccnc2-n2cccn2)n1. The molecule has 3 heterocycles. The topological polar surface area (TPSA) is 68.5 Å². The van der Waals surface area contributed by atoms with Crippen LogP contribution in [0.4, 0.5) is 5.69 Å². The summed E-state index contributed by atoms with van der Waals surface area (Å²) < 4.78 is 1.73. The Hall–Kier alpha value is -2.76. The predicted octanol–water partition coefficient (Wildman–Crippen LogP) is 1.98. The van der Waals surface area contributed by atoms with Crippen molar-refractivity contribution < 1.29 is 0 Å². The predicted molar refractivity (Wildman–Crippen MR) is 75.5 cm³/mol. The first kappa shape index (κ1) is 12.3. The quantitative estimate of drug-likeness (QED) is 0.782. The van der Waals surface area contributed by atoms with Crippen LogP contribution in [0.3, 0.4) is 0 Å². The highest BCUT2D eigenvalue weighted by atomic mass is 15.3. The van der Waals surface area contributed by atoms with E-state index in [2.05, 4.69) is 25.4 Å². The Balaban J connectivity index is 1.81. The fourth-order valence-corrected chi connectivity index (χ4v) is 1.90. The van der Waals surface area contributed by atoms with E-state index in [1.165, 1.54) is 0 Å². The van der Waals surface area contributed by atoms with E-state index < -0.39 is 0 Å². The van der Waals surface area contributed by atoms with Crippen LogP contribution in [-0.2, 0) is 6.54 Å². The smallest absolute Gasteiger partial charge is 0.176 e. The van der Waals surface area contributed by atoms with Crippen molar-refractivity contribution in [1.29, 1.82) is 0 Å². The second-order valence-electron chi connectivity index (χ2n) is 4.27. The molecule has 0 saturated carbocycles. The summed E-state index contributed by atoms with van der Waals surface area (Å²) in [5.41, 5.74) is 1.85. The second kappa shape index (κ2) is 5.48. The minimum atomic E-state index is 0.614. The van der Waals surface area contributed by atoms with Crippen molar-refractivity contribution in [2.45, 2.75) is 13.5 Å². The average Bonchev–Trinajstić information content (AvgIpc) is 3.00. The van der Waals surface area contributed by atoms with Gasteiger partial charge in [-0.05, 0) is 31.2 Å². The molecule has 100 valence electrons. The molecule has 0 aliphatic rings. The number of rotatable bonds is 4. The summed E-state index contributed by atoms with van der Waals surface area (Å²) in [5.74, 6) is 1.53. The van der Waals surface area contributed by atoms with E-state index in [1.54, 1.807) is 23.3 Å². The maximum atomic E-state index is 4.36. The van der Waals surface area contributed by atoms with Crippen molar-refractivity contribution >= 4 is 5.69 Å². The number of nitrogens with one attached hydrogen (secondary N) is 1. The first-order valence-electron chi connectivity index (χ1n) is 6.30. The van der Waals surface area contributed by atoms with Gasteiger partial charge in [-0.2, -0.15) is 5.10 Å². The van der Waals surface area contributed by atoms with Gasteiger partial charge < -0.3 is 5.32 Å². The standard InChI is InChI=1S/C14H14N6/c1-11-15-8-5-12(19-11)10-17-13-4-2-6-16-14(13)20-9-3-7-18-20/h2-9,17H,10H2,1H3. The molecular weight excluding hydrogens is 252 g/mol. The van der Waals surface area contributed by atoms with E-state index in [0.717, 1.165) is 23.0 Å². The summed E-state index contributed by atoms with van der Waals surface area (Å²) >= 11 is 0. The van der Waals surface area contributed by atoms with Crippen LogP contribution in [0.5, 0.6) is 0 Å². The highest BCUT2D eigenvalue weighted by Gasteiger charge is 2.05. The summed E-state index contributed by atoms with van der Waals surface area (Å²) in [5, 5.41) is 7.54. The normalized spacial score (nSPS) is 10.4. The summed E-state index contributed by atoms with van der Waals surface area (Å²) in [6.07, 6.45) is 7.10. The third-order valence-corrected chi connectivity index (χ3v) is 2.80. The number of anilines is 1. The molecule has 3 aromatic rings. The van der Waals surface area contributed by atoms with Gasteiger partial charge in [0.25, 0.3) is 0 Å². The first-order chi connectivity index (χ1) is 9.83. The number of pyridine rings is 1. The molecule has 0 aliphatic carbocycles. The summed E-state index contributed by atoms with van der Waals surface area (Å²) in [4.78, 5) is 12.8. The fourth-order valence-electron chi connectivity index (χ4n) is 1.90. The lowest BCUT2D eigenvalue weighted by Crippen LogP contribution is -2.08. The van der Waals surface area contributed by atoms with E-state index in [1.807, 2.05) is 37.4 Å². The van der Waals surface area contributed by atoms with Crippen molar-refractivity contribution in [1.82, 2.24) is 24.7 Å². The van der Waals surface area contributed by atoms with Gasteiger partial charge in [-0.15, -0.1) is 0 Å². The van der Waals surface area contributed by atoms with Crippen molar-refractivity contribution in [3.8, 4) is 5.82 Å². The van der Waals surface area contributed by atoms with Crippen molar-refractivity contribution in [2.24, 2.45) is 0 Å². The molecule has 6 nitrogen and oxygen atoms in total. The molecule has 0 atom stereocenters. The zero-order chi connectivity index (χ0) is 13.8.